The Morgan fingerprint density at radius 1 is 1.28 bits per heavy atom. The molecule has 1 amide bonds. The first-order valence-corrected chi connectivity index (χ1v) is 6.64. The van der Waals surface area contributed by atoms with Crippen LogP contribution in [0.5, 0.6) is 0 Å². The van der Waals surface area contributed by atoms with E-state index in [2.05, 4.69) is 32.9 Å². The van der Waals surface area contributed by atoms with Crippen molar-refractivity contribution in [3.05, 3.63) is 56.9 Å². The lowest BCUT2D eigenvalue weighted by Gasteiger charge is -2.09. The van der Waals surface area contributed by atoms with Crippen LogP contribution in [0.15, 0.2) is 36.7 Å². The predicted molar refractivity (Wildman–Crippen MR) is 80.8 cm³/mol. The van der Waals surface area contributed by atoms with Gasteiger partial charge in [-0.05, 0) is 65.8 Å². The molecule has 0 saturated heterocycles. The van der Waals surface area contributed by atoms with Crippen LogP contribution in [0.1, 0.15) is 21.5 Å². The Kier molecular flexibility index (Phi) is 3.96. The minimum atomic E-state index is -0.128. The smallest absolute Gasteiger partial charge is 0.257 e. The third-order valence-electron chi connectivity index (χ3n) is 2.65. The molecule has 0 saturated carbocycles. The summed E-state index contributed by atoms with van der Waals surface area (Å²) in [5.41, 5.74) is 3.47. The molecule has 2 rings (SSSR count). The third-order valence-corrected chi connectivity index (χ3v) is 3.82. The van der Waals surface area contributed by atoms with Gasteiger partial charge in [-0.3, -0.25) is 9.78 Å². The highest BCUT2D eigenvalue weighted by Crippen LogP contribution is 2.20. The molecule has 0 unspecified atom stereocenters. The number of halogens is 1. The molecule has 18 heavy (non-hydrogen) atoms. The first kappa shape index (κ1) is 13.0. The molecule has 3 nitrogen and oxygen atoms in total. The fourth-order valence-electron chi connectivity index (χ4n) is 1.62. The van der Waals surface area contributed by atoms with E-state index in [1.807, 2.05) is 38.1 Å². The number of amides is 1. The standard InChI is InChI=1S/C14H13IN2O/c1-9-6-11(8-16-7-9)14(18)17-13-5-3-4-12(15)10(13)2/h3-8H,1-2H3,(H,17,18). The summed E-state index contributed by atoms with van der Waals surface area (Å²) < 4.78 is 1.13. The Morgan fingerprint density at radius 3 is 2.78 bits per heavy atom. The number of carbonyl (C=O) groups is 1. The molecule has 1 aromatic heterocycles. The topological polar surface area (TPSA) is 42.0 Å². The number of nitrogens with one attached hydrogen (secondary N) is 1. The van der Waals surface area contributed by atoms with E-state index >= 15 is 0 Å². The highest BCUT2D eigenvalue weighted by Gasteiger charge is 2.09. The summed E-state index contributed by atoms with van der Waals surface area (Å²) in [6.45, 7) is 3.91. The second-order valence-corrected chi connectivity index (χ2v) is 5.28. The molecule has 0 radical (unpaired) electrons. The number of carbonyl (C=O) groups excluding carboxylic acids is 1. The Morgan fingerprint density at radius 2 is 2.06 bits per heavy atom. The van der Waals surface area contributed by atoms with E-state index in [-0.39, 0.29) is 5.91 Å². The van der Waals surface area contributed by atoms with E-state index in [1.165, 1.54) is 0 Å². The Balaban J connectivity index is 2.24. The Bertz CT molecular complexity index is 596. The highest BCUT2D eigenvalue weighted by molar-refractivity contribution is 14.1. The molecular weight excluding hydrogens is 339 g/mol. The molecule has 0 fully saturated rings. The van der Waals surface area contributed by atoms with Crippen molar-refractivity contribution in [2.45, 2.75) is 13.8 Å². The summed E-state index contributed by atoms with van der Waals surface area (Å²) >= 11 is 2.25. The number of hydrogen-bond acceptors (Lipinski definition) is 2. The number of pyridine rings is 1. The minimum Gasteiger partial charge on any atom is -0.322 e. The van der Waals surface area contributed by atoms with Crippen LogP contribution in [0.2, 0.25) is 0 Å². The van der Waals surface area contributed by atoms with Gasteiger partial charge < -0.3 is 5.32 Å². The lowest BCUT2D eigenvalue weighted by Crippen LogP contribution is -2.13. The van der Waals surface area contributed by atoms with Crippen LogP contribution in [0.3, 0.4) is 0 Å². The molecule has 0 aliphatic carbocycles. The first-order chi connectivity index (χ1) is 8.58. The van der Waals surface area contributed by atoms with Crippen LogP contribution in [0, 0.1) is 17.4 Å². The molecule has 0 aliphatic rings. The van der Waals surface area contributed by atoms with Crippen LogP contribution in [-0.2, 0) is 0 Å². The van der Waals surface area contributed by atoms with E-state index in [1.54, 1.807) is 12.4 Å². The molecular formula is C14H13IN2O. The van der Waals surface area contributed by atoms with Crippen LogP contribution >= 0.6 is 22.6 Å². The Labute approximate surface area is 120 Å². The van der Waals surface area contributed by atoms with Crippen molar-refractivity contribution < 1.29 is 4.79 Å². The van der Waals surface area contributed by atoms with Crippen molar-refractivity contribution in [3.8, 4) is 0 Å². The SMILES string of the molecule is Cc1cncc(C(=O)Nc2cccc(I)c2C)c1. The molecule has 92 valence electrons. The Hall–Kier alpha value is -1.43. The van der Waals surface area contributed by atoms with E-state index in [4.69, 9.17) is 0 Å². The fourth-order valence-corrected chi connectivity index (χ4v) is 2.11. The molecule has 2 aromatic rings. The molecule has 1 N–H and O–H groups in total. The number of aryl methyl sites for hydroxylation is 1. The number of aromatic nitrogens is 1. The summed E-state index contributed by atoms with van der Waals surface area (Å²) in [6.07, 6.45) is 3.30. The van der Waals surface area contributed by atoms with E-state index in [0.29, 0.717) is 5.56 Å². The number of rotatable bonds is 2. The largest absolute Gasteiger partial charge is 0.322 e. The van der Waals surface area contributed by atoms with Crippen LogP contribution < -0.4 is 5.32 Å². The van der Waals surface area contributed by atoms with Crippen molar-refractivity contribution in [2.24, 2.45) is 0 Å². The van der Waals surface area contributed by atoms with Gasteiger partial charge in [0.15, 0.2) is 0 Å². The van der Waals surface area contributed by atoms with Gasteiger partial charge in [-0.1, -0.05) is 6.07 Å². The molecule has 4 heteroatoms. The second-order valence-electron chi connectivity index (χ2n) is 4.12. The van der Waals surface area contributed by atoms with Crippen molar-refractivity contribution in [3.63, 3.8) is 0 Å². The molecule has 1 aromatic carbocycles. The van der Waals surface area contributed by atoms with Crippen molar-refractivity contribution in [1.29, 1.82) is 0 Å². The maximum absolute atomic E-state index is 12.1. The first-order valence-electron chi connectivity index (χ1n) is 5.56. The maximum atomic E-state index is 12.1. The lowest BCUT2D eigenvalue weighted by molar-refractivity contribution is 0.102. The van der Waals surface area contributed by atoms with Gasteiger partial charge >= 0.3 is 0 Å². The predicted octanol–water partition coefficient (Wildman–Crippen LogP) is 3.56. The van der Waals surface area contributed by atoms with Crippen LogP contribution in [0.25, 0.3) is 0 Å². The van der Waals surface area contributed by atoms with Gasteiger partial charge in [-0.2, -0.15) is 0 Å². The number of benzene rings is 1. The summed E-state index contributed by atoms with van der Waals surface area (Å²) in [5, 5.41) is 2.91. The fraction of sp³-hybridized carbons (Fsp3) is 0.143. The van der Waals surface area contributed by atoms with Crippen molar-refractivity contribution in [1.82, 2.24) is 4.98 Å². The summed E-state index contributed by atoms with van der Waals surface area (Å²) in [4.78, 5) is 16.1. The number of nitrogens with zero attached hydrogens (tertiary/aromatic N) is 1. The normalized spacial score (nSPS) is 10.2. The summed E-state index contributed by atoms with van der Waals surface area (Å²) in [6, 6.07) is 7.67. The van der Waals surface area contributed by atoms with Crippen molar-refractivity contribution in [2.75, 3.05) is 5.32 Å². The molecule has 0 aliphatic heterocycles. The average Bonchev–Trinajstić information content (AvgIpc) is 2.35. The third kappa shape index (κ3) is 2.87. The van der Waals surface area contributed by atoms with Gasteiger partial charge in [0.05, 0.1) is 5.56 Å². The van der Waals surface area contributed by atoms with Gasteiger partial charge in [0.1, 0.15) is 0 Å². The highest BCUT2D eigenvalue weighted by atomic mass is 127. The lowest BCUT2D eigenvalue weighted by atomic mass is 10.1. The van der Waals surface area contributed by atoms with Gasteiger partial charge in [-0.25, -0.2) is 0 Å². The molecule has 0 bridgehead atoms. The quantitative estimate of drug-likeness (QED) is 0.840. The number of hydrogen-bond donors (Lipinski definition) is 1. The van der Waals surface area contributed by atoms with Crippen LogP contribution in [-0.4, -0.2) is 10.9 Å². The van der Waals surface area contributed by atoms with Crippen LogP contribution in [0.4, 0.5) is 5.69 Å². The maximum Gasteiger partial charge on any atom is 0.257 e. The molecule has 0 spiro atoms. The second kappa shape index (κ2) is 5.48. The van der Waals surface area contributed by atoms with Gasteiger partial charge in [0.2, 0.25) is 0 Å². The zero-order chi connectivity index (χ0) is 13.1. The minimum absolute atomic E-state index is 0.128. The van der Waals surface area contributed by atoms with Gasteiger partial charge in [0.25, 0.3) is 5.91 Å². The van der Waals surface area contributed by atoms with Crippen molar-refractivity contribution >= 4 is 34.2 Å². The summed E-state index contributed by atoms with van der Waals surface area (Å²) in [7, 11) is 0. The number of anilines is 1. The van der Waals surface area contributed by atoms with E-state index in [0.717, 1.165) is 20.4 Å². The zero-order valence-corrected chi connectivity index (χ0v) is 12.4. The molecule has 1 heterocycles. The molecule has 0 atom stereocenters. The van der Waals surface area contributed by atoms with E-state index in [9.17, 15) is 4.79 Å². The van der Waals surface area contributed by atoms with Gasteiger partial charge in [-0.15, -0.1) is 0 Å². The monoisotopic (exact) mass is 352 g/mol. The average molecular weight is 352 g/mol. The zero-order valence-electron chi connectivity index (χ0n) is 10.2. The summed E-state index contributed by atoms with van der Waals surface area (Å²) in [5.74, 6) is -0.128. The van der Waals surface area contributed by atoms with E-state index < -0.39 is 0 Å². The van der Waals surface area contributed by atoms with Gasteiger partial charge in [0, 0.05) is 21.7 Å².